The lowest BCUT2D eigenvalue weighted by Gasteiger charge is -2.07. The van der Waals surface area contributed by atoms with Gasteiger partial charge >= 0.3 is 11.6 Å². The third kappa shape index (κ3) is 3.75. The molecule has 2 aromatic heterocycles. The highest BCUT2D eigenvalue weighted by molar-refractivity contribution is 5.92. The molecular formula is C22H17NO7. The molecule has 0 aliphatic carbocycles. The average molecular weight is 407 g/mol. The third-order valence-corrected chi connectivity index (χ3v) is 4.44. The zero-order valence-electron chi connectivity index (χ0n) is 16.2. The molecule has 0 amide bonds. The van der Waals surface area contributed by atoms with Gasteiger partial charge in [0.05, 0.1) is 14.2 Å². The number of carbonyl (C=O) groups excluding carboxylic acids is 1. The lowest BCUT2D eigenvalue weighted by atomic mass is 10.1. The van der Waals surface area contributed by atoms with Gasteiger partial charge in [-0.05, 0) is 30.3 Å². The molecule has 152 valence electrons. The van der Waals surface area contributed by atoms with E-state index in [-0.39, 0.29) is 12.2 Å². The number of nitrogens with zero attached hydrogens (tertiary/aromatic N) is 1. The van der Waals surface area contributed by atoms with E-state index in [2.05, 4.69) is 5.16 Å². The van der Waals surface area contributed by atoms with Crippen molar-refractivity contribution in [2.75, 3.05) is 14.2 Å². The van der Waals surface area contributed by atoms with Gasteiger partial charge in [-0.25, -0.2) is 9.59 Å². The van der Waals surface area contributed by atoms with Gasteiger partial charge in [0.1, 0.15) is 23.4 Å². The highest BCUT2D eigenvalue weighted by Gasteiger charge is 2.17. The monoisotopic (exact) mass is 407 g/mol. The van der Waals surface area contributed by atoms with Gasteiger partial charge in [-0.15, -0.1) is 0 Å². The number of esters is 1. The Kier molecular flexibility index (Phi) is 5.21. The lowest BCUT2D eigenvalue weighted by Crippen LogP contribution is -2.16. The molecule has 2 aromatic carbocycles. The van der Waals surface area contributed by atoms with E-state index in [1.54, 1.807) is 55.6 Å². The number of para-hydroxylation sites is 1. The maximum Gasteiger partial charge on any atom is 0.351 e. The van der Waals surface area contributed by atoms with Crippen LogP contribution in [0.5, 0.6) is 11.5 Å². The summed E-state index contributed by atoms with van der Waals surface area (Å²) in [6.07, 6.45) is 0. The van der Waals surface area contributed by atoms with Gasteiger partial charge in [0, 0.05) is 17.0 Å². The van der Waals surface area contributed by atoms with Crippen molar-refractivity contribution in [3.8, 4) is 22.8 Å². The first-order valence-corrected chi connectivity index (χ1v) is 8.97. The van der Waals surface area contributed by atoms with E-state index in [0.717, 1.165) is 0 Å². The first kappa shape index (κ1) is 19.3. The first-order chi connectivity index (χ1) is 14.6. The number of aromatic nitrogens is 1. The second kappa shape index (κ2) is 8.12. The van der Waals surface area contributed by atoms with E-state index in [0.29, 0.717) is 39.5 Å². The van der Waals surface area contributed by atoms with Crippen LogP contribution in [-0.2, 0) is 11.3 Å². The summed E-state index contributed by atoms with van der Waals surface area (Å²) in [6, 6.07) is 15.3. The van der Waals surface area contributed by atoms with Crippen molar-refractivity contribution in [1.29, 1.82) is 0 Å². The molecule has 0 spiro atoms. The topological polar surface area (TPSA) is 101 Å². The number of fused-ring (bicyclic) bond motifs is 1. The summed E-state index contributed by atoms with van der Waals surface area (Å²) in [6.45, 7) is -0.165. The van der Waals surface area contributed by atoms with E-state index in [1.165, 1.54) is 13.2 Å². The van der Waals surface area contributed by atoms with E-state index in [9.17, 15) is 9.59 Å². The minimum absolute atomic E-state index is 0.165. The van der Waals surface area contributed by atoms with Gasteiger partial charge in [-0.1, -0.05) is 23.4 Å². The molecule has 0 aliphatic rings. The van der Waals surface area contributed by atoms with Crippen molar-refractivity contribution < 1.29 is 27.9 Å². The Balaban J connectivity index is 1.49. The molecule has 0 unspecified atom stereocenters. The fourth-order valence-corrected chi connectivity index (χ4v) is 2.93. The summed E-state index contributed by atoms with van der Waals surface area (Å²) in [4.78, 5) is 24.4. The smallest absolute Gasteiger partial charge is 0.351 e. The van der Waals surface area contributed by atoms with Crippen molar-refractivity contribution in [2.24, 2.45) is 0 Å². The number of hydrogen-bond donors (Lipinski definition) is 0. The van der Waals surface area contributed by atoms with Crippen LogP contribution in [0, 0.1) is 0 Å². The van der Waals surface area contributed by atoms with Crippen LogP contribution in [0.1, 0.15) is 16.1 Å². The summed E-state index contributed by atoms with van der Waals surface area (Å²) in [5.74, 6) is 0.795. The van der Waals surface area contributed by atoms with E-state index in [4.69, 9.17) is 23.2 Å². The van der Waals surface area contributed by atoms with Crippen molar-refractivity contribution in [3.63, 3.8) is 0 Å². The van der Waals surface area contributed by atoms with Gasteiger partial charge in [0.2, 0.25) is 0 Å². The Morgan fingerprint density at radius 3 is 2.60 bits per heavy atom. The molecule has 0 atom stereocenters. The Morgan fingerprint density at radius 1 is 1.00 bits per heavy atom. The summed E-state index contributed by atoms with van der Waals surface area (Å²) >= 11 is 0. The fraction of sp³-hybridized carbons (Fsp3) is 0.136. The van der Waals surface area contributed by atoms with Gasteiger partial charge < -0.3 is 23.2 Å². The summed E-state index contributed by atoms with van der Waals surface area (Å²) in [5.41, 5.74) is 0.559. The van der Waals surface area contributed by atoms with E-state index < -0.39 is 11.6 Å². The van der Waals surface area contributed by atoms with Crippen LogP contribution in [-0.4, -0.2) is 25.3 Å². The standard InChI is InChI=1S/C22H17NO7/c1-26-18-8-7-14(10-20(18)27-2)19-11-15(23-30-19)12-28-21(24)16-9-13-5-3-4-6-17(13)29-22(16)25/h3-11H,12H2,1-2H3. The number of benzene rings is 2. The van der Waals surface area contributed by atoms with Crippen LogP contribution < -0.4 is 15.1 Å². The largest absolute Gasteiger partial charge is 0.493 e. The van der Waals surface area contributed by atoms with Gasteiger partial charge in [-0.2, -0.15) is 0 Å². The molecule has 0 saturated carbocycles. The Labute approximate surface area is 170 Å². The third-order valence-electron chi connectivity index (χ3n) is 4.44. The molecule has 0 bridgehead atoms. The summed E-state index contributed by atoms with van der Waals surface area (Å²) < 4.78 is 26.2. The van der Waals surface area contributed by atoms with E-state index >= 15 is 0 Å². The van der Waals surface area contributed by atoms with Crippen molar-refractivity contribution >= 4 is 16.9 Å². The first-order valence-electron chi connectivity index (χ1n) is 8.97. The molecule has 4 rings (SSSR count). The van der Waals surface area contributed by atoms with E-state index in [1.807, 2.05) is 0 Å². The predicted molar refractivity (Wildman–Crippen MR) is 107 cm³/mol. The lowest BCUT2D eigenvalue weighted by molar-refractivity contribution is 0.0459. The Bertz CT molecular complexity index is 1270. The van der Waals surface area contributed by atoms with Crippen molar-refractivity contribution in [1.82, 2.24) is 5.16 Å². The van der Waals surface area contributed by atoms with Crippen LogP contribution in [0.25, 0.3) is 22.3 Å². The quantitative estimate of drug-likeness (QED) is 0.351. The molecule has 0 saturated heterocycles. The minimum atomic E-state index is -0.801. The second-order valence-corrected chi connectivity index (χ2v) is 6.31. The fourth-order valence-electron chi connectivity index (χ4n) is 2.93. The molecule has 0 radical (unpaired) electrons. The molecule has 8 heteroatoms. The van der Waals surface area contributed by atoms with Crippen LogP contribution in [0.15, 0.2) is 68.3 Å². The van der Waals surface area contributed by atoms with Crippen molar-refractivity contribution in [2.45, 2.75) is 6.61 Å². The summed E-state index contributed by atoms with van der Waals surface area (Å²) in [7, 11) is 3.09. The van der Waals surface area contributed by atoms with Gasteiger partial charge in [0.25, 0.3) is 0 Å². The van der Waals surface area contributed by atoms with Crippen LogP contribution in [0.3, 0.4) is 0 Å². The number of methoxy groups -OCH3 is 2. The highest BCUT2D eigenvalue weighted by Crippen LogP contribution is 2.32. The SMILES string of the molecule is COc1ccc(-c2cc(COC(=O)c3cc4ccccc4oc3=O)no2)cc1OC. The Morgan fingerprint density at radius 2 is 1.80 bits per heavy atom. The molecule has 30 heavy (non-hydrogen) atoms. The molecule has 0 fully saturated rings. The maximum atomic E-state index is 12.3. The van der Waals surface area contributed by atoms with Crippen LogP contribution in [0.2, 0.25) is 0 Å². The van der Waals surface area contributed by atoms with Gasteiger partial charge in [0.15, 0.2) is 17.3 Å². The molecule has 8 nitrogen and oxygen atoms in total. The van der Waals surface area contributed by atoms with Gasteiger partial charge in [-0.3, -0.25) is 0 Å². The molecular weight excluding hydrogens is 390 g/mol. The number of hydrogen-bond acceptors (Lipinski definition) is 8. The molecule has 4 aromatic rings. The average Bonchev–Trinajstić information content (AvgIpc) is 3.25. The van der Waals surface area contributed by atoms with Crippen LogP contribution >= 0.6 is 0 Å². The molecule has 0 aliphatic heterocycles. The number of rotatable bonds is 6. The second-order valence-electron chi connectivity index (χ2n) is 6.31. The zero-order chi connectivity index (χ0) is 21.1. The maximum absolute atomic E-state index is 12.3. The predicted octanol–water partition coefficient (Wildman–Crippen LogP) is 3.82. The normalized spacial score (nSPS) is 10.7. The highest BCUT2D eigenvalue weighted by atomic mass is 16.5. The number of carbonyl (C=O) groups is 1. The Hall–Kier alpha value is -4.07. The van der Waals surface area contributed by atoms with Crippen LogP contribution in [0.4, 0.5) is 0 Å². The minimum Gasteiger partial charge on any atom is -0.493 e. The summed E-state index contributed by atoms with van der Waals surface area (Å²) in [5, 5.41) is 4.53. The molecule has 2 heterocycles. The van der Waals surface area contributed by atoms with Crippen molar-refractivity contribution in [3.05, 3.63) is 76.3 Å². The molecule has 0 N–H and O–H groups in total. The number of ether oxygens (including phenoxy) is 3. The zero-order valence-corrected chi connectivity index (χ0v) is 16.2.